The molecule has 0 aromatic heterocycles. The highest BCUT2D eigenvalue weighted by Gasteiger charge is 2.25. The minimum Gasteiger partial charge on any atom is -0.493 e. The topological polar surface area (TPSA) is 58.6 Å². The molecule has 1 saturated heterocycles. The van der Waals surface area contributed by atoms with Crippen LogP contribution in [0, 0.1) is 12.8 Å². The van der Waals surface area contributed by atoms with Crippen molar-refractivity contribution in [2.45, 2.75) is 38.6 Å². The van der Waals surface area contributed by atoms with Gasteiger partial charge in [-0.15, -0.1) is 0 Å². The van der Waals surface area contributed by atoms with E-state index in [0.29, 0.717) is 30.7 Å². The van der Waals surface area contributed by atoms with E-state index >= 15 is 0 Å². The molecule has 0 spiro atoms. The van der Waals surface area contributed by atoms with Crippen molar-refractivity contribution in [3.05, 3.63) is 65.2 Å². The summed E-state index contributed by atoms with van der Waals surface area (Å²) in [5, 5.41) is 2.99. The van der Waals surface area contributed by atoms with Crippen molar-refractivity contribution in [3.63, 3.8) is 0 Å². The van der Waals surface area contributed by atoms with Crippen LogP contribution < -0.4 is 10.1 Å². The lowest BCUT2D eigenvalue weighted by Crippen LogP contribution is -2.41. The second kappa shape index (κ2) is 8.68. The minimum absolute atomic E-state index is 0.0170. The molecular weight excluding hydrogens is 364 g/mol. The third-order valence-corrected chi connectivity index (χ3v) is 5.62. The number of carbonyl (C=O) groups excluding carboxylic acids is 2. The Morgan fingerprint density at radius 2 is 1.69 bits per heavy atom. The Kier molecular flexibility index (Phi) is 5.84. The van der Waals surface area contributed by atoms with Gasteiger partial charge in [0.2, 0.25) is 0 Å². The summed E-state index contributed by atoms with van der Waals surface area (Å²) in [7, 11) is 0. The number of hydrogen-bond acceptors (Lipinski definition) is 3. The first-order valence-electron chi connectivity index (χ1n) is 10.5. The van der Waals surface area contributed by atoms with E-state index in [2.05, 4.69) is 5.32 Å². The van der Waals surface area contributed by atoms with E-state index in [1.54, 1.807) is 12.1 Å². The number of rotatable bonds is 6. The fourth-order valence-electron chi connectivity index (χ4n) is 3.68. The lowest BCUT2D eigenvalue weighted by molar-refractivity contribution is 0.0633. The lowest BCUT2D eigenvalue weighted by Gasteiger charge is -2.32. The number of ether oxygens (including phenoxy) is 1. The number of nitrogens with zero attached hydrogens (tertiary/aromatic N) is 1. The molecule has 1 N–H and O–H groups in total. The summed E-state index contributed by atoms with van der Waals surface area (Å²) in [6.45, 7) is 4.11. The Labute approximate surface area is 172 Å². The number of nitrogens with one attached hydrogen (secondary N) is 1. The first-order valence-corrected chi connectivity index (χ1v) is 10.5. The maximum absolute atomic E-state index is 12.8. The fraction of sp³-hybridized carbons (Fsp3) is 0.417. The van der Waals surface area contributed by atoms with E-state index in [1.807, 2.05) is 48.2 Å². The van der Waals surface area contributed by atoms with Crippen LogP contribution in [0.2, 0.25) is 0 Å². The molecule has 1 saturated carbocycles. The van der Waals surface area contributed by atoms with E-state index in [4.69, 9.17) is 4.74 Å². The number of piperidine rings is 1. The zero-order valence-electron chi connectivity index (χ0n) is 16.9. The molecule has 5 heteroatoms. The van der Waals surface area contributed by atoms with Crippen molar-refractivity contribution < 1.29 is 14.3 Å². The summed E-state index contributed by atoms with van der Waals surface area (Å²) in [4.78, 5) is 26.8. The smallest absolute Gasteiger partial charge is 0.253 e. The Bertz CT molecular complexity index is 857. The molecular formula is C24H28N2O3. The average Bonchev–Trinajstić information content (AvgIpc) is 3.57. The van der Waals surface area contributed by atoms with Gasteiger partial charge in [0.1, 0.15) is 5.75 Å². The van der Waals surface area contributed by atoms with Crippen molar-refractivity contribution in [3.8, 4) is 5.75 Å². The number of benzene rings is 2. The monoisotopic (exact) mass is 392 g/mol. The van der Waals surface area contributed by atoms with Gasteiger partial charge in [0, 0.05) is 36.2 Å². The molecule has 4 rings (SSSR count). The molecule has 2 fully saturated rings. The van der Waals surface area contributed by atoms with Gasteiger partial charge in [-0.2, -0.15) is 0 Å². The van der Waals surface area contributed by atoms with Crippen molar-refractivity contribution >= 4 is 11.8 Å². The number of likely N-dealkylation sites (tertiary alicyclic amines) is 1. The van der Waals surface area contributed by atoms with Crippen LogP contribution >= 0.6 is 0 Å². The third kappa shape index (κ3) is 5.17. The van der Waals surface area contributed by atoms with Gasteiger partial charge < -0.3 is 15.0 Å². The quantitative estimate of drug-likeness (QED) is 0.813. The van der Waals surface area contributed by atoms with Gasteiger partial charge in [-0.25, -0.2) is 0 Å². The highest BCUT2D eigenvalue weighted by molar-refractivity contribution is 5.95. The molecule has 1 aliphatic heterocycles. The van der Waals surface area contributed by atoms with Crippen molar-refractivity contribution in [2.75, 3.05) is 19.7 Å². The number of aryl methyl sites for hydroxylation is 1. The molecule has 2 amide bonds. The van der Waals surface area contributed by atoms with Gasteiger partial charge in [-0.3, -0.25) is 9.59 Å². The van der Waals surface area contributed by atoms with Crippen molar-refractivity contribution in [1.29, 1.82) is 0 Å². The third-order valence-electron chi connectivity index (χ3n) is 5.62. The summed E-state index contributed by atoms with van der Waals surface area (Å²) >= 11 is 0. The van der Waals surface area contributed by atoms with E-state index in [9.17, 15) is 9.59 Å². The standard InChI is InChI=1S/C24H28N2O3/c1-17-4-6-20(7-5-17)24(28)26-14-2-3-18(15-26)16-29-22-12-8-19(9-13-22)23(27)25-21-10-11-21/h4-9,12-13,18,21H,2-3,10-11,14-16H2,1H3,(H,25,27)/t18-/m0/s1. The summed E-state index contributed by atoms with van der Waals surface area (Å²) < 4.78 is 5.95. The molecule has 2 aromatic carbocycles. The van der Waals surface area contributed by atoms with Gasteiger partial charge in [0.15, 0.2) is 0 Å². The lowest BCUT2D eigenvalue weighted by atomic mass is 9.98. The Balaban J connectivity index is 1.28. The first-order chi connectivity index (χ1) is 14.1. The van der Waals surface area contributed by atoms with Crippen LogP contribution in [-0.4, -0.2) is 42.5 Å². The van der Waals surface area contributed by atoms with Crippen molar-refractivity contribution in [2.24, 2.45) is 5.92 Å². The van der Waals surface area contributed by atoms with Gasteiger partial charge in [-0.1, -0.05) is 17.7 Å². The SMILES string of the molecule is Cc1ccc(C(=O)N2CCC[C@H](COc3ccc(C(=O)NC4CC4)cc3)C2)cc1. The van der Waals surface area contributed by atoms with E-state index in [0.717, 1.165) is 49.1 Å². The maximum Gasteiger partial charge on any atom is 0.253 e. The van der Waals surface area contributed by atoms with E-state index in [-0.39, 0.29) is 11.8 Å². The molecule has 0 radical (unpaired) electrons. The molecule has 5 nitrogen and oxygen atoms in total. The molecule has 29 heavy (non-hydrogen) atoms. The number of hydrogen-bond donors (Lipinski definition) is 1. The van der Waals surface area contributed by atoms with Crippen LogP contribution in [0.1, 0.15) is 52.0 Å². The molecule has 152 valence electrons. The fourth-order valence-corrected chi connectivity index (χ4v) is 3.68. The highest BCUT2D eigenvalue weighted by Crippen LogP contribution is 2.22. The van der Waals surface area contributed by atoms with Gasteiger partial charge in [0.05, 0.1) is 6.61 Å². The molecule has 1 aliphatic carbocycles. The van der Waals surface area contributed by atoms with Crippen LogP contribution in [0.25, 0.3) is 0 Å². The number of carbonyl (C=O) groups is 2. The Hall–Kier alpha value is -2.82. The minimum atomic E-state index is -0.0170. The molecule has 2 aliphatic rings. The van der Waals surface area contributed by atoms with Crippen LogP contribution in [0.15, 0.2) is 48.5 Å². The normalized spacial score (nSPS) is 18.9. The van der Waals surface area contributed by atoms with Gasteiger partial charge >= 0.3 is 0 Å². The van der Waals surface area contributed by atoms with E-state index in [1.165, 1.54) is 0 Å². The summed E-state index contributed by atoms with van der Waals surface area (Å²) in [6.07, 6.45) is 4.21. The molecule has 0 bridgehead atoms. The molecule has 0 unspecified atom stereocenters. The second-order valence-electron chi connectivity index (χ2n) is 8.21. The van der Waals surface area contributed by atoms with Gasteiger partial charge in [0.25, 0.3) is 11.8 Å². The summed E-state index contributed by atoms with van der Waals surface area (Å²) in [5.74, 6) is 1.16. The zero-order valence-corrected chi connectivity index (χ0v) is 16.9. The molecule has 1 atom stereocenters. The van der Waals surface area contributed by atoms with Crippen LogP contribution in [0.4, 0.5) is 0 Å². The van der Waals surface area contributed by atoms with Gasteiger partial charge in [-0.05, 0) is 69.0 Å². The van der Waals surface area contributed by atoms with Crippen molar-refractivity contribution in [1.82, 2.24) is 10.2 Å². The predicted molar refractivity (Wildman–Crippen MR) is 112 cm³/mol. The largest absolute Gasteiger partial charge is 0.493 e. The van der Waals surface area contributed by atoms with Crippen LogP contribution in [-0.2, 0) is 0 Å². The molecule has 2 aromatic rings. The Morgan fingerprint density at radius 1 is 1.00 bits per heavy atom. The van der Waals surface area contributed by atoms with E-state index < -0.39 is 0 Å². The molecule has 1 heterocycles. The van der Waals surface area contributed by atoms with Crippen LogP contribution in [0.5, 0.6) is 5.75 Å². The number of amides is 2. The second-order valence-corrected chi connectivity index (χ2v) is 8.21. The highest BCUT2D eigenvalue weighted by atomic mass is 16.5. The van der Waals surface area contributed by atoms with Crippen LogP contribution in [0.3, 0.4) is 0 Å². The predicted octanol–water partition coefficient (Wildman–Crippen LogP) is 3.82. The first kappa shape index (κ1) is 19.5. The zero-order chi connectivity index (χ0) is 20.2. The maximum atomic E-state index is 12.8. The average molecular weight is 392 g/mol. The Morgan fingerprint density at radius 3 is 2.38 bits per heavy atom. The summed E-state index contributed by atoms with van der Waals surface area (Å²) in [5.41, 5.74) is 2.57. The summed E-state index contributed by atoms with van der Waals surface area (Å²) in [6, 6.07) is 15.4.